The Morgan fingerprint density at radius 1 is 1.50 bits per heavy atom. The molecule has 14 heavy (non-hydrogen) atoms. The summed E-state index contributed by atoms with van der Waals surface area (Å²) in [6.45, 7) is 7.19. The van der Waals surface area contributed by atoms with Gasteiger partial charge in [-0.25, -0.2) is 4.68 Å². The summed E-state index contributed by atoms with van der Waals surface area (Å²) in [7, 11) is 0. The highest BCUT2D eigenvalue weighted by Gasteiger charge is 2.15. The first kappa shape index (κ1) is 10.4. The average molecular weight is 193 g/mol. The molecule has 0 aliphatic rings. The first-order chi connectivity index (χ1) is 6.74. The van der Waals surface area contributed by atoms with Crippen molar-refractivity contribution in [3.63, 3.8) is 0 Å². The molecule has 73 valence electrons. The van der Waals surface area contributed by atoms with Crippen molar-refractivity contribution >= 4 is 6.29 Å². The second-order valence-corrected chi connectivity index (χ2v) is 2.68. The second-order valence-electron chi connectivity index (χ2n) is 2.68. The minimum Gasteiger partial charge on any atom is -0.285 e. The van der Waals surface area contributed by atoms with Gasteiger partial charge in [0, 0.05) is 6.42 Å². The number of hydrogen-bond donors (Lipinski definition) is 0. The van der Waals surface area contributed by atoms with E-state index in [9.17, 15) is 9.18 Å². The molecular weight excluding hydrogens is 183 g/mol. The van der Waals surface area contributed by atoms with E-state index in [4.69, 9.17) is 0 Å². The monoisotopic (exact) mass is 193 g/mol. The van der Waals surface area contributed by atoms with Crippen LogP contribution in [0.1, 0.15) is 11.3 Å². The van der Waals surface area contributed by atoms with Gasteiger partial charge in [-0.2, -0.15) is 9.49 Å². The fourth-order valence-electron chi connectivity index (χ4n) is 1.11. The Morgan fingerprint density at radius 2 is 2.21 bits per heavy atom. The normalized spacial score (nSPS) is 9.79. The number of carbonyl (C=O) groups excluding carboxylic acids is 1. The van der Waals surface area contributed by atoms with Crippen LogP contribution in [-0.2, 0) is 17.8 Å². The Labute approximate surface area is 81.5 Å². The third-order valence-electron chi connectivity index (χ3n) is 1.70. The molecule has 1 aromatic rings. The quantitative estimate of drug-likeness (QED) is 0.662. The van der Waals surface area contributed by atoms with Crippen molar-refractivity contribution in [2.75, 3.05) is 0 Å². The molecule has 1 radical (unpaired) electrons. The average Bonchev–Trinajstić information content (AvgIpc) is 2.45. The molecule has 0 fully saturated rings. The molecule has 0 N–H and O–H groups in total. The lowest BCUT2D eigenvalue weighted by Crippen LogP contribution is -2.01. The highest BCUT2D eigenvalue weighted by atomic mass is 19.1. The lowest BCUT2D eigenvalue weighted by atomic mass is 10.2. The molecule has 0 unspecified atom stereocenters. The van der Waals surface area contributed by atoms with Crippen LogP contribution in [0.5, 0.6) is 0 Å². The van der Waals surface area contributed by atoms with Gasteiger partial charge >= 0.3 is 0 Å². The van der Waals surface area contributed by atoms with Crippen LogP contribution >= 0.6 is 0 Å². The molecule has 0 aromatic carbocycles. The van der Waals surface area contributed by atoms with Gasteiger partial charge in [-0.3, -0.25) is 4.79 Å². The van der Waals surface area contributed by atoms with Crippen molar-refractivity contribution < 1.29 is 9.18 Å². The molecule has 0 saturated heterocycles. The number of rotatable bonds is 5. The fourth-order valence-corrected chi connectivity index (χ4v) is 1.11. The molecule has 0 spiro atoms. The third kappa shape index (κ3) is 1.79. The Balaban J connectivity index is 3.15. The van der Waals surface area contributed by atoms with E-state index in [1.165, 1.54) is 12.4 Å². The van der Waals surface area contributed by atoms with Crippen LogP contribution in [0.2, 0.25) is 0 Å². The minimum absolute atomic E-state index is 0.119. The largest absolute Gasteiger partial charge is 0.285 e. The van der Waals surface area contributed by atoms with Crippen LogP contribution in [0, 0.1) is 5.95 Å². The van der Waals surface area contributed by atoms with Crippen molar-refractivity contribution in [1.29, 1.82) is 0 Å². The summed E-state index contributed by atoms with van der Waals surface area (Å²) in [5, 5.41) is 3.90. The lowest BCUT2D eigenvalue weighted by molar-refractivity contribution is 0.480. The predicted octanol–water partition coefficient (Wildman–Crippen LogP) is 1.39. The first-order valence-electron chi connectivity index (χ1n) is 4.09. The zero-order valence-electron chi connectivity index (χ0n) is 7.66. The van der Waals surface area contributed by atoms with Crippen molar-refractivity contribution in [3.05, 3.63) is 42.5 Å². The molecule has 0 bridgehead atoms. The van der Waals surface area contributed by atoms with Gasteiger partial charge in [0.2, 0.25) is 12.2 Å². The fraction of sp³-hybridized carbons (Fsp3) is 0.200. The van der Waals surface area contributed by atoms with Crippen LogP contribution in [0.25, 0.3) is 0 Å². The van der Waals surface area contributed by atoms with E-state index in [0.29, 0.717) is 12.1 Å². The van der Waals surface area contributed by atoms with Crippen molar-refractivity contribution in [2.24, 2.45) is 0 Å². The summed E-state index contributed by atoms with van der Waals surface area (Å²) in [5.74, 6) is -0.670. The molecule has 1 heterocycles. The van der Waals surface area contributed by atoms with Crippen molar-refractivity contribution in [3.8, 4) is 0 Å². The van der Waals surface area contributed by atoms with E-state index < -0.39 is 5.95 Å². The number of allylic oxidation sites excluding steroid dienone is 2. The highest BCUT2D eigenvalue weighted by molar-refractivity contribution is 5.77. The summed E-state index contributed by atoms with van der Waals surface area (Å²) in [6, 6.07) is 0. The Morgan fingerprint density at radius 3 is 2.71 bits per heavy atom. The second kappa shape index (κ2) is 4.50. The molecule has 1 aromatic heterocycles. The van der Waals surface area contributed by atoms with Gasteiger partial charge in [0.15, 0.2) is 0 Å². The SMILES string of the molecule is C=CCc1nn(CC=C)c(F)c1[C]=O. The predicted molar refractivity (Wildman–Crippen MR) is 51.1 cm³/mol. The van der Waals surface area contributed by atoms with Crippen molar-refractivity contribution in [2.45, 2.75) is 13.0 Å². The van der Waals surface area contributed by atoms with Gasteiger partial charge in [-0.15, -0.1) is 13.2 Å². The van der Waals surface area contributed by atoms with Crippen molar-refractivity contribution in [1.82, 2.24) is 9.78 Å². The molecule has 3 nitrogen and oxygen atoms in total. The zero-order chi connectivity index (χ0) is 10.6. The first-order valence-corrected chi connectivity index (χ1v) is 4.09. The number of halogens is 1. The van der Waals surface area contributed by atoms with Gasteiger partial charge < -0.3 is 0 Å². The van der Waals surface area contributed by atoms with Gasteiger partial charge in [0.25, 0.3) is 0 Å². The van der Waals surface area contributed by atoms with E-state index in [-0.39, 0.29) is 12.1 Å². The summed E-state index contributed by atoms with van der Waals surface area (Å²) in [4.78, 5) is 10.5. The Hall–Kier alpha value is -1.71. The van der Waals surface area contributed by atoms with Crippen LogP contribution in [0.4, 0.5) is 4.39 Å². The Bertz CT molecular complexity index is 368. The van der Waals surface area contributed by atoms with Gasteiger partial charge in [0.05, 0.1) is 12.2 Å². The molecular formula is C10H10FN2O. The molecule has 0 amide bonds. The van der Waals surface area contributed by atoms with Crippen LogP contribution in [0.3, 0.4) is 0 Å². The summed E-state index contributed by atoms with van der Waals surface area (Å²) < 4.78 is 14.4. The highest BCUT2D eigenvalue weighted by Crippen LogP contribution is 2.11. The maximum Gasteiger partial charge on any atom is 0.240 e. The number of aromatic nitrogens is 2. The van der Waals surface area contributed by atoms with Crippen LogP contribution < -0.4 is 0 Å². The molecule has 0 saturated carbocycles. The number of hydrogen-bond acceptors (Lipinski definition) is 2. The summed E-state index contributed by atoms with van der Waals surface area (Å²) >= 11 is 0. The lowest BCUT2D eigenvalue weighted by Gasteiger charge is -1.94. The Kier molecular flexibility index (Phi) is 3.34. The molecule has 0 aliphatic heterocycles. The van der Waals surface area contributed by atoms with E-state index in [0.717, 1.165) is 4.68 Å². The topological polar surface area (TPSA) is 34.9 Å². The maximum atomic E-state index is 13.4. The van der Waals surface area contributed by atoms with E-state index in [2.05, 4.69) is 18.3 Å². The van der Waals surface area contributed by atoms with E-state index >= 15 is 0 Å². The van der Waals surface area contributed by atoms with Gasteiger partial charge in [-0.1, -0.05) is 12.2 Å². The molecule has 4 heteroatoms. The summed E-state index contributed by atoms with van der Waals surface area (Å²) in [6.07, 6.45) is 4.95. The number of nitrogens with zero attached hydrogens (tertiary/aromatic N) is 2. The van der Waals surface area contributed by atoms with E-state index in [1.54, 1.807) is 6.08 Å². The minimum atomic E-state index is -0.670. The molecule has 0 atom stereocenters. The van der Waals surface area contributed by atoms with E-state index in [1.807, 2.05) is 0 Å². The summed E-state index contributed by atoms with van der Waals surface area (Å²) in [5.41, 5.74) is 0.237. The van der Waals surface area contributed by atoms with Gasteiger partial charge in [-0.05, 0) is 0 Å². The third-order valence-corrected chi connectivity index (χ3v) is 1.70. The smallest absolute Gasteiger partial charge is 0.240 e. The molecule has 1 rings (SSSR count). The van der Waals surface area contributed by atoms with Gasteiger partial charge in [0.1, 0.15) is 5.56 Å². The zero-order valence-corrected chi connectivity index (χ0v) is 7.66. The van der Waals surface area contributed by atoms with Crippen LogP contribution in [-0.4, -0.2) is 16.1 Å². The maximum absolute atomic E-state index is 13.4. The standard InChI is InChI=1S/C10H10FN2O/c1-3-5-9-8(7-14)10(11)13(12-9)6-4-2/h3-4H,1-2,5-6H2. The van der Waals surface area contributed by atoms with Crippen LogP contribution in [0.15, 0.2) is 25.3 Å². The molecule has 0 aliphatic carbocycles.